The smallest absolute Gasteiger partial charge is 0.194 e. The van der Waals surface area contributed by atoms with E-state index in [-0.39, 0.29) is 0 Å². The molecule has 0 fully saturated rings. The van der Waals surface area contributed by atoms with Gasteiger partial charge in [0.1, 0.15) is 16.4 Å². The fraction of sp³-hybridized carbons (Fsp3) is 0.308. The van der Waals surface area contributed by atoms with Crippen molar-refractivity contribution in [2.45, 2.75) is 23.9 Å². The van der Waals surface area contributed by atoms with E-state index in [4.69, 9.17) is 4.74 Å². The minimum absolute atomic E-state index is 0.635. The number of aryl methyl sites for hydroxylation is 2. The van der Waals surface area contributed by atoms with E-state index >= 15 is 0 Å². The van der Waals surface area contributed by atoms with Crippen molar-refractivity contribution >= 4 is 17.6 Å². The first kappa shape index (κ1) is 13.6. The van der Waals surface area contributed by atoms with Crippen LogP contribution in [-0.2, 0) is 0 Å². The van der Waals surface area contributed by atoms with Gasteiger partial charge in [-0.3, -0.25) is 0 Å². The van der Waals surface area contributed by atoms with E-state index in [1.807, 2.05) is 19.1 Å². The number of rotatable bonds is 4. The Morgan fingerprint density at radius 2 is 2.00 bits per heavy atom. The number of nitrogens with zero attached hydrogens (tertiary/aromatic N) is 3. The molecule has 0 bridgehead atoms. The molecular formula is C13H16N4OS. The summed E-state index contributed by atoms with van der Waals surface area (Å²) in [5.41, 5.74) is 2.17. The van der Waals surface area contributed by atoms with Gasteiger partial charge in [0.15, 0.2) is 11.6 Å². The molecule has 0 unspecified atom stereocenters. The summed E-state index contributed by atoms with van der Waals surface area (Å²) in [6.07, 6.45) is 1.51. The van der Waals surface area contributed by atoms with Gasteiger partial charge in [0.05, 0.1) is 7.11 Å². The average Bonchev–Trinajstić information content (AvgIpc) is 2.37. The molecule has 0 aliphatic heterocycles. The number of ether oxygens (including phenoxy) is 1. The maximum absolute atomic E-state index is 5.36. The molecule has 2 heterocycles. The summed E-state index contributed by atoms with van der Waals surface area (Å²) >= 11 is 1.47. The molecule has 2 aromatic rings. The van der Waals surface area contributed by atoms with Gasteiger partial charge in [0, 0.05) is 12.7 Å². The van der Waals surface area contributed by atoms with Crippen molar-refractivity contribution in [1.82, 2.24) is 15.0 Å². The molecule has 100 valence electrons. The van der Waals surface area contributed by atoms with Crippen molar-refractivity contribution in [3.8, 4) is 5.75 Å². The molecule has 0 radical (unpaired) electrons. The van der Waals surface area contributed by atoms with Gasteiger partial charge in [0.25, 0.3) is 0 Å². The predicted octanol–water partition coefficient (Wildman–Crippen LogP) is 2.69. The first-order valence-corrected chi connectivity index (χ1v) is 6.65. The van der Waals surface area contributed by atoms with E-state index in [0.29, 0.717) is 11.6 Å². The van der Waals surface area contributed by atoms with Gasteiger partial charge in [-0.05, 0) is 43.3 Å². The Morgan fingerprint density at radius 3 is 2.63 bits per heavy atom. The Labute approximate surface area is 116 Å². The van der Waals surface area contributed by atoms with Crippen LogP contribution in [0.2, 0.25) is 0 Å². The van der Waals surface area contributed by atoms with Gasteiger partial charge < -0.3 is 10.1 Å². The van der Waals surface area contributed by atoms with Crippen molar-refractivity contribution in [1.29, 1.82) is 0 Å². The molecular weight excluding hydrogens is 260 g/mol. The fourth-order valence-electron chi connectivity index (χ4n) is 1.75. The van der Waals surface area contributed by atoms with E-state index in [0.717, 1.165) is 15.7 Å². The molecule has 5 nitrogen and oxygen atoms in total. The van der Waals surface area contributed by atoms with Gasteiger partial charge in [-0.15, -0.1) is 0 Å². The number of nitrogens with one attached hydrogen (secondary N) is 1. The zero-order valence-corrected chi connectivity index (χ0v) is 12.2. The number of hydrogen-bond acceptors (Lipinski definition) is 6. The summed E-state index contributed by atoms with van der Waals surface area (Å²) in [5, 5.41) is 4.63. The van der Waals surface area contributed by atoms with Crippen LogP contribution < -0.4 is 10.1 Å². The average molecular weight is 276 g/mol. The number of hydrogen-bond donors (Lipinski definition) is 1. The van der Waals surface area contributed by atoms with Gasteiger partial charge in [-0.25, -0.2) is 15.0 Å². The molecule has 2 aromatic heterocycles. The summed E-state index contributed by atoms with van der Waals surface area (Å²) < 4.78 is 5.36. The number of aromatic nitrogens is 3. The first-order chi connectivity index (χ1) is 9.13. The van der Waals surface area contributed by atoms with Crippen molar-refractivity contribution in [2.24, 2.45) is 0 Å². The third-order valence-corrected chi connectivity index (χ3v) is 3.39. The van der Waals surface area contributed by atoms with Crippen molar-refractivity contribution < 1.29 is 4.74 Å². The monoisotopic (exact) mass is 276 g/mol. The Hall–Kier alpha value is -1.82. The third-order valence-electron chi connectivity index (χ3n) is 2.49. The highest BCUT2D eigenvalue weighted by molar-refractivity contribution is 7.99. The fourth-order valence-corrected chi connectivity index (χ4v) is 2.75. The SMILES string of the molecule is CNc1ncnc(Sc2cc(C)cc(C)n2)c1OC. The lowest BCUT2D eigenvalue weighted by Crippen LogP contribution is -2.00. The van der Waals surface area contributed by atoms with Crippen LogP contribution in [0.3, 0.4) is 0 Å². The van der Waals surface area contributed by atoms with Crippen molar-refractivity contribution in [3.05, 3.63) is 29.7 Å². The Morgan fingerprint density at radius 1 is 1.21 bits per heavy atom. The maximum atomic E-state index is 5.36. The zero-order chi connectivity index (χ0) is 13.8. The summed E-state index contributed by atoms with van der Waals surface area (Å²) in [5.74, 6) is 1.31. The highest BCUT2D eigenvalue weighted by Gasteiger charge is 2.13. The van der Waals surface area contributed by atoms with Crippen LogP contribution in [0.1, 0.15) is 11.3 Å². The third kappa shape index (κ3) is 3.14. The molecule has 0 aliphatic carbocycles. The van der Waals surface area contributed by atoms with Gasteiger partial charge >= 0.3 is 0 Å². The molecule has 0 aromatic carbocycles. The quantitative estimate of drug-likeness (QED) is 0.866. The summed E-state index contributed by atoms with van der Waals surface area (Å²) in [6.45, 7) is 4.03. The van der Waals surface area contributed by atoms with Crippen LogP contribution in [0.5, 0.6) is 5.75 Å². The standard InChI is InChI=1S/C13H16N4OS/c1-8-5-9(2)17-10(6-8)19-13-11(18-4)12(14-3)15-7-16-13/h5-7H,1-4H3,(H,14,15,16). The van der Waals surface area contributed by atoms with Crippen LogP contribution >= 0.6 is 11.8 Å². The molecule has 6 heteroatoms. The molecule has 0 atom stereocenters. The van der Waals surface area contributed by atoms with Crippen molar-refractivity contribution in [3.63, 3.8) is 0 Å². The summed E-state index contributed by atoms with van der Waals surface area (Å²) in [6, 6.07) is 4.07. The van der Waals surface area contributed by atoms with Crippen LogP contribution in [-0.4, -0.2) is 29.1 Å². The molecule has 19 heavy (non-hydrogen) atoms. The van der Waals surface area contributed by atoms with E-state index in [1.165, 1.54) is 23.7 Å². The van der Waals surface area contributed by atoms with E-state index in [1.54, 1.807) is 14.2 Å². The minimum Gasteiger partial charge on any atom is -0.490 e. The molecule has 0 amide bonds. The lowest BCUT2D eigenvalue weighted by molar-refractivity contribution is 0.400. The molecule has 0 saturated heterocycles. The number of methoxy groups -OCH3 is 1. The summed E-state index contributed by atoms with van der Waals surface area (Å²) in [7, 11) is 3.41. The van der Waals surface area contributed by atoms with Crippen LogP contribution in [0, 0.1) is 13.8 Å². The largest absolute Gasteiger partial charge is 0.490 e. The second-order valence-corrected chi connectivity index (χ2v) is 5.05. The lowest BCUT2D eigenvalue weighted by atomic mass is 10.3. The molecule has 0 saturated carbocycles. The molecule has 0 spiro atoms. The molecule has 2 rings (SSSR count). The Kier molecular flexibility index (Phi) is 4.21. The molecule has 1 N–H and O–H groups in total. The zero-order valence-electron chi connectivity index (χ0n) is 11.4. The van der Waals surface area contributed by atoms with Crippen LogP contribution in [0.25, 0.3) is 0 Å². The van der Waals surface area contributed by atoms with Crippen LogP contribution in [0.15, 0.2) is 28.5 Å². The van der Waals surface area contributed by atoms with E-state index in [9.17, 15) is 0 Å². The van der Waals surface area contributed by atoms with Gasteiger partial charge in [-0.1, -0.05) is 0 Å². The highest BCUT2D eigenvalue weighted by atomic mass is 32.2. The normalized spacial score (nSPS) is 10.3. The highest BCUT2D eigenvalue weighted by Crippen LogP contribution is 2.35. The minimum atomic E-state index is 0.635. The van der Waals surface area contributed by atoms with Crippen molar-refractivity contribution in [2.75, 3.05) is 19.5 Å². The predicted molar refractivity (Wildman–Crippen MR) is 76.0 cm³/mol. The van der Waals surface area contributed by atoms with Gasteiger partial charge in [-0.2, -0.15) is 0 Å². The second-order valence-electron chi connectivity index (χ2n) is 4.04. The number of pyridine rings is 1. The topological polar surface area (TPSA) is 59.9 Å². The number of anilines is 1. The first-order valence-electron chi connectivity index (χ1n) is 5.84. The van der Waals surface area contributed by atoms with E-state index < -0.39 is 0 Å². The van der Waals surface area contributed by atoms with Gasteiger partial charge in [0.2, 0.25) is 0 Å². The van der Waals surface area contributed by atoms with E-state index in [2.05, 4.69) is 27.2 Å². The Balaban J connectivity index is 2.37. The second kappa shape index (κ2) is 5.88. The lowest BCUT2D eigenvalue weighted by Gasteiger charge is -2.10. The Bertz CT molecular complexity index is 569. The maximum Gasteiger partial charge on any atom is 0.194 e. The molecule has 0 aliphatic rings. The summed E-state index contributed by atoms with van der Waals surface area (Å²) in [4.78, 5) is 12.9. The van der Waals surface area contributed by atoms with Crippen LogP contribution in [0.4, 0.5) is 5.82 Å².